The summed E-state index contributed by atoms with van der Waals surface area (Å²) < 4.78 is 6.18. The third kappa shape index (κ3) is 4.73. The molecule has 1 aliphatic heterocycles. The summed E-state index contributed by atoms with van der Waals surface area (Å²) in [7, 11) is 0. The Morgan fingerprint density at radius 1 is 1.35 bits per heavy atom. The van der Waals surface area contributed by atoms with Gasteiger partial charge in [-0.15, -0.1) is 0 Å². The average Bonchev–Trinajstić information content (AvgIpc) is 2.92. The number of ether oxygens (including phenoxy) is 1. The highest BCUT2D eigenvalue weighted by Crippen LogP contribution is 2.29. The molecule has 5 heteroatoms. The van der Waals surface area contributed by atoms with Crippen molar-refractivity contribution in [2.24, 2.45) is 5.92 Å². The molecule has 0 saturated carbocycles. The van der Waals surface area contributed by atoms with Gasteiger partial charge in [-0.1, -0.05) is 37.0 Å². The molecule has 0 unspecified atom stereocenters. The van der Waals surface area contributed by atoms with E-state index in [1.165, 1.54) is 6.42 Å². The molecule has 0 spiro atoms. The van der Waals surface area contributed by atoms with Crippen LogP contribution in [0.2, 0.25) is 10.0 Å². The maximum absolute atomic E-state index is 6.18. The molecule has 1 aromatic carbocycles. The lowest BCUT2D eigenvalue weighted by atomic mass is 10.0. The van der Waals surface area contributed by atoms with Crippen molar-refractivity contribution in [3.8, 4) is 5.75 Å². The zero-order valence-corrected chi connectivity index (χ0v) is 14.2. The Morgan fingerprint density at radius 3 is 2.75 bits per heavy atom. The standard InChI is InChI=1S/C15H21Cl2NOS/c1-10(2)20-9-15(11-5-6-18-8-11)19-12-3-4-13(16)14(17)7-12/h3-4,7,10-11,15,18H,5-6,8-9H2,1-2H3/t11-,15-/m0/s1. The normalized spacial score (nSPS) is 20.4. The first-order valence-electron chi connectivity index (χ1n) is 7.00. The van der Waals surface area contributed by atoms with E-state index in [1.54, 1.807) is 12.1 Å². The third-order valence-electron chi connectivity index (χ3n) is 3.40. The van der Waals surface area contributed by atoms with Crippen LogP contribution in [0.1, 0.15) is 20.3 Å². The summed E-state index contributed by atoms with van der Waals surface area (Å²) in [5.74, 6) is 2.38. The van der Waals surface area contributed by atoms with Crippen molar-refractivity contribution in [2.45, 2.75) is 31.6 Å². The molecule has 0 amide bonds. The minimum atomic E-state index is 0.217. The number of benzene rings is 1. The Labute approximate surface area is 135 Å². The fourth-order valence-electron chi connectivity index (χ4n) is 2.27. The van der Waals surface area contributed by atoms with E-state index in [0.29, 0.717) is 21.2 Å². The van der Waals surface area contributed by atoms with Crippen LogP contribution in [-0.4, -0.2) is 30.2 Å². The van der Waals surface area contributed by atoms with Crippen molar-refractivity contribution < 1.29 is 4.74 Å². The minimum Gasteiger partial charge on any atom is -0.489 e. The van der Waals surface area contributed by atoms with Gasteiger partial charge in [0.2, 0.25) is 0 Å². The molecule has 1 N–H and O–H groups in total. The van der Waals surface area contributed by atoms with Crippen LogP contribution in [0.4, 0.5) is 0 Å². The van der Waals surface area contributed by atoms with Gasteiger partial charge in [0.05, 0.1) is 10.0 Å². The number of thioether (sulfide) groups is 1. The third-order valence-corrected chi connectivity index (χ3v) is 5.32. The first-order chi connectivity index (χ1) is 9.56. The van der Waals surface area contributed by atoms with Crippen LogP contribution >= 0.6 is 35.0 Å². The molecular formula is C15H21Cl2NOS. The minimum absolute atomic E-state index is 0.217. The van der Waals surface area contributed by atoms with Crippen LogP contribution in [0.5, 0.6) is 5.75 Å². The van der Waals surface area contributed by atoms with Gasteiger partial charge in [0.1, 0.15) is 11.9 Å². The largest absolute Gasteiger partial charge is 0.489 e. The first kappa shape index (κ1) is 16.3. The molecule has 2 nitrogen and oxygen atoms in total. The highest BCUT2D eigenvalue weighted by molar-refractivity contribution is 7.99. The van der Waals surface area contributed by atoms with E-state index in [4.69, 9.17) is 27.9 Å². The number of halogens is 2. The number of rotatable bonds is 6. The quantitative estimate of drug-likeness (QED) is 0.828. The fourth-order valence-corrected chi connectivity index (χ4v) is 3.48. The summed E-state index contributed by atoms with van der Waals surface area (Å²) in [4.78, 5) is 0. The zero-order chi connectivity index (χ0) is 14.5. The molecule has 1 saturated heterocycles. The van der Waals surface area contributed by atoms with Gasteiger partial charge in [0.25, 0.3) is 0 Å². The number of nitrogens with one attached hydrogen (secondary N) is 1. The summed E-state index contributed by atoms with van der Waals surface area (Å²) in [5, 5.41) is 5.14. The number of hydrogen-bond donors (Lipinski definition) is 1. The summed E-state index contributed by atoms with van der Waals surface area (Å²) in [6.07, 6.45) is 1.39. The summed E-state index contributed by atoms with van der Waals surface area (Å²) >= 11 is 13.9. The van der Waals surface area contributed by atoms with E-state index < -0.39 is 0 Å². The highest BCUT2D eigenvalue weighted by atomic mass is 35.5. The van der Waals surface area contributed by atoms with E-state index >= 15 is 0 Å². The maximum atomic E-state index is 6.18. The van der Waals surface area contributed by atoms with Gasteiger partial charge < -0.3 is 10.1 Å². The van der Waals surface area contributed by atoms with Crippen LogP contribution < -0.4 is 10.1 Å². The van der Waals surface area contributed by atoms with Gasteiger partial charge in [-0.25, -0.2) is 0 Å². The lowest BCUT2D eigenvalue weighted by Gasteiger charge is -2.25. The van der Waals surface area contributed by atoms with Crippen molar-refractivity contribution in [1.82, 2.24) is 5.32 Å². The second kappa shape index (κ2) is 7.79. The van der Waals surface area contributed by atoms with Crippen molar-refractivity contribution >= 4 is 35.0 Å². The molecule has 1 aliphatic rings. The molecule has 112 valence electrons. The topological polar surface area (TPSA) is 21.3 Å². The summed E-state index contributed by atoms with van der Waals surface area (Å²) in [6, 6.07) is 5.49. The second-order valence-electron chi connectivity index (χ2n) is 5.37. The van der Waals surface area contributed by atoms with E-state index in [1.807, 2.05) is 17.8 Å². The van der Waals surface area contributed by atoms with E-state index in [2.05, 4.69) is 19.2 Å². The molecule has 1 fully saturated rings. The highest BCUT2D eigenvalue weighted by Gasteiger charge is 2.27. The molecular weight excluding hydrogens is 313 g/mol. The van der Waals surface area contributed by atoms with Crippen molar-refractivity contribution in [1.29, 1.82) is 0 Å². The molecule has 2 atom stereocenters. The molecule has 20 heavy (non-hydrogen) atoms. The van der Waals surface area contributed by atoms with Crippen LogP contribution in [0.3, 0.4) is 0 Å². The van der Waals surface area contributed by atoms with Crippen molar-refractivity contribution in [3.63, 3.8) is 0 Å². The molecule has 2 rings (SSSR count). The average molecular weight is 334 g/mol. The van der Waals surface area contributed by atoms with Crippen molar-refractivity contribution in [3.05, 3.63) is 28.2 Å². The van der Waals surface area contributed by atoms with Crippen molar-refractivity contribution in [2.75, 3.05) is 18.8 Å². The monoisotopic (exact) mass is 333 g/mol. The van der Waals surface area contributed by atoms with E-state index in [9.17, 15) is 0 Å². The Hall–Kier alpha value is -0.0900. The van der Waals surface area contributed by atoms with Gasteiger partial charge in [-0.2, -0.15) is 11.8 Å². The zero-order valence-electron chi connectivity index (χ0n) is 11.9. The maximum Gasteiger partial charge on any atom is 0.121 e. The van der Waals surface area contributed by atoms with Gasteiger partial charge in [0, 0.05) is 24.3 Å². The lowest BCUT2D eigenvalue weighted by Crippen LogP contribution is -2.31. The first-order valence-corrected chi connectivity index (χ1v) is 8.80. The molecule has 1 aromatic rings. The predicted octanol–water partition coefficient (Wildman–Crippen LogP) is 4.49. The Bertz CT molecular complexity index is 436. The Kier molecular flexibility index (Phi) is 6.34. The predicted molar refractivity (Wildman–Crippen MR) is 89.4 cm³/mol. The van der Waals surface area contributed by atoms with Crippen LogP contribution in [0.25, 0.3) is 0 Å². The molecule has 0 aromatic heterocycles. The molecule has 1 heterocycles. The lowest BCUT2D eigenvalue weighted by molar-refractivity contribution is 0.165. The van der Waals surface area contributed by atoms with Gasteiger partial charge >= 0.3 is 0 Å². The second-order valence-corrected chi connectivity index (χ2v) is 7.79. The van der Waals surface area contributed by atoms with Crippen LogP contribution in [-0.2, 0) is 0 Å². The summed E-state index contributed by atoms with van der Waals surface area (Å²) in [6.45, 7) is 6.55. The van der Waals surface area contributed by atoms with E-state index in [0.717, 1.165) is 24.6 Å². The Morgan fingerprint density at radius 2 is 2.15 bits per heavy atom. The summed E-state index contributed by atoms with van der Waals surface area (Å²) in [5.41, 5.74) is 0. The molecule has 0 radical (unpaired) electrons. The van der Waals surface area contributed by atoms with Gasteiger partial charge in [0.15, 0.2) is 0 Å². The molecule has 0 aliphatic carbocycles. The Balaban J connectivity index is 2.03. The molecule has 0 bridgehead atoms. The van der Waals surface area contributed by atoms with Crippen LogP contribution in [0.15, 0.2) is 18.2 Å². The van der Waals surface area contributed by atoms with Crippen LogP contribution in [0, 0.1) is 5.92 Å². The van der Waals surface area contributed by atoms with E-state index in [-0.39, 0.29) is 6.10 Å². The van der Waals surface area contributed by atoms with Gasteiger partial charge in [-0.3, -0.25) is 0 Å². The SMILES string of the molecule is CC(C)SC[C@H](Oc1ccc(Cl)c(Cl)c1)[C@H]1CCNC1. The fraction of sp³-hybridized carbons (Fsp3) is 0.600. The number of hydrogen-bond acceptors (Lipinski definition) is 3. The smallest absolute Gasteiger partial charge is 0.121 e. The van der Waals surface area contributed by atoms with Gasteiger partial charge in [-0.05, 0) is 30.3 Å².